The zero-order valence-corrected chi connectivity index (χ0v) is 14.0. The number of piperazine rings is 1. The highest BCUT2D eigenvalue weighted by molar-refractivity contribution is 9.10. The van der Waals surface area contributed by atoms with Gasteiger partial charge in [0.05, 0.1) is 17.1 Å². The molecular formula is C15H18BrN5O. The topological polar surface area (TPSA) is 54.4 Å². The smallest absolute Gasteiger partial charge is 0.225 e. The van der Waals surface area contributed by atoms with E-state index < -0.39 is 0 Å². The van der Waals surface area contributed by atoms with Gasteiger partial charge < -0.3 is 14.5 Å². The van der Waals surface area contributed by atoms with Crippen molar-refractivity contribution < 1.29 is 4.74 Å². The fraction of sp³-hybridized carbons (Fsp3) is 0.400. The summed E-state index contributed by atoms with van der Waals surface area (Å²) >= 11 is 3.37. The molecule has 0 unspecified atom stereocenters. The average Bonchev–Trinajstić information content (AvgIpc) is 2.57. The molecule has 1 aliphatic heterocycles. The maximum Gasteiger partial charge on any atom is 0.225 e. The molecule has 0 saturated carbocycles. The van der Waals surface area contributed by atoms with Crippen molar-refractivity contribution in [1.29, 1.82) is 0 Å². The van der Waals surface area contributed by atoms with Crippen molar-refractivity contribution in [2.75, 3.05) is 43.2 Å². The predicted octanol–water partition coefficient (Wildman–Crippen LogP) is 1.98. The average molecular weight is 364 g/mol. The van der Waals surface area contributed by atoms with Crippen molar-refractivity contribution in [2.45, 2.75) is 6.04 Å². The lowest BCUT2D eigenvalue weighted by Gasteiger charge is -2.41. The number of pyridine rings is 1. The van der Waals surface area contributed by atoms with Crippen molar-refractivity contribution in [3.63, 3.8) is 0 Å². The van der Waals surface area contributed by atoms with E-state index in [2.05, 4.69) is 40.7 Å². The van der Waals surface area contributed by atoms with Gasteiger partial charge in [0.2, 0.25) is 5.95 Å². The molecule has 7 heteroatoms. The van der Waals surface area contributed by atoms with Crippen LogP contribution in [0.2, 0.25) is 0 Å². The van der Waals surface area contributed by atoms with Crippen molar-refractivity contribution >= 4 is 27.7 Å². The van der Waals surface area contributed by atoms with Crippen LogP contribution in [0.1, 0.15) is 0 Å². The zero-order valence-electron chi connectivity index (χ0n) is 12.4. The van der Waals surface area contributed by atoms with Gasteiger partial charge in [0, 0.05) is 45.3 Å². The van der Waals surface area contributed by atoms with Gasteiger partial charge in [0.25, 0.3) is 0 Å². The zero-order chi connectivity index (χ0) is 15.4. The Labute approximate surface area is 138 Å². The number of ether oxygens (including phenoxy) is 1. The SMILES string of the molecule is COC[C@H]1CN(c2ccccn2)CCN1c1ncc(Br)cn1. The molecule has 0 N–H and O–H groups in total. The summed E-state index contributed by atoms with van der Waals surface area (Å²) in [7, 11) is 1.72. The van der Waals surface area contributed by atoms with Gasteiger partial charge >= 0.3 is 0 Å². The summed E-state index contributed by atoms with van der Waals surface area (Å²) in [5.74, 6) is 1.74. The van der Waals surface area contributed by atoms with E-state index in [1.807, 2.05) is 24.4 Å². The molecule has 6 nitrogen and oxygen atoms in total. The number of halogens is 1. The summed E-state index contributed by atoms with van der Waals surface area (Å²) in [6.07, 6.45) is 5.37. The molecule has 0 bridgehead atoms. The molecule has 2 aromatic rings. The summed E-state index contributed by atoms with van der Waals surface area (Å²) < 4.78 is 6.27. The first-order valence-corrected chi connectivity index (χ1v) is 7.96. The molecule has 1 atom stereocenters. The number of hydrogen-bond donors (Lipinski definition) is 0. The first-order valence-electron chi connectivity index (χ1n) is 7.17. The van der Waals surface area contributed by atoms with Crippen LogP contribution in [0.15, 0.2) is 41.3 Å². The molecule has 1 fully saturated rings. The van der Waals surface area contributed by atoms with Crippen LogP contribution in [0.25, 0.3) is 0 Å². The highest BCUT2D eigenvalue weighted by Gasteiger charge is 2.29. The van der Waals surface area contributed by atoms with E-state index in [-0.39, 0.29) is 6.04 Å². The fourth-order valence-electron chi connectivity index (χ4n) is 2.66. The summed E-state index contributed by atoms with van der Waals surface area (Å²) in [5, 5.41) is 0. The minimum Gasteiger partial charge on any atom is -0.382 e. The quantitative estimate of drug-likeness (QED) is 0.827. The number of nitrogens with zero attached hydrogens (tertiary/aromatic N) is 5. The van der Waals surface area contributed by atoms with E-state index in [4.69, 9.17) is 4.74 Å². The first kappa shape index (κ1) is 15.2. The molecule has 1 aliphatic rings. The van der Waals surface area contributed by atoms with Crippen LogP contribution in [0, 0.1) is 0 Å². The van der Waals surface area contributed by atoms with Crippen LogP contribution in [0.4, 0.5) is 11.8 Å². The monoisotopic (exact) mass is 363 g/mol. The lowest BCUT2D eigenvalue weighted by atomic mass is 10.2. The van der Waals surface area contributed by atoms with Gasteiger partial charge in [-0.2, -0.15) is 0 Å². The Morgan fingerprint density at radius 3 is 2.73 bits per heavy atom. The number of anilines is 2. The number of rotatable bonds is 4. The fourth-order valence-corrected chi connectivity index (χ4v) is 2.86. The molecule has 0 aliphatic carbocycles. The van der Waals surface area contributed by atoms with Crippen molar-refractivity contribution in [1.82, 2.24) is 15.0 Å². The molecule has 0 spiro atoms. The number of methoxy groups -OCH3 is 1. The molecule has 22 heavy (non-hydrogen) atoms. The van der Waals surface area contributed by atoms with Crippen molar-refractivity contribution in [3.8, 4) is 0 Å². The predicted molar refractivity (Wildman–Crippen MR) is 89.2 cm³/mol. The Balaban J connectivity index is 1.78. The second kappa shape index (κ2) is 7.02. The standard InChI is InChI=1S/C15H18BrN5O/c1-22-11-13-10-20(14-4-2-3-5-17-14)6-7-21(13)15-18-8-12(16)9-19-15/h2-5,8-9,13H,6-7,10-11H2,1H3/t13-/m1/s1. The van der Waals surface area contributed by atoms with Crippen LogP contribution in [0.5, 0.6) is 0 Å². The van der Waals surface area contributed by atoms with Crippen LogP contribution in [-0.2, 0) is 4.74 Å². The van der Waals surface area contributed by atoms with Gasteiger partial charge in [0.1, 0.15) is 5.82 Å². The molecule has 0 radical (unpaired) electrons. The maximum absolute atomic E-state index is 5.39. The highest BCUT2D eigenvalue weighted by Crippen LogP contribution is 2.21. The Kier molecular flexibility index (Phi) is 4.84. The largest absolute Gasteiger partial charge is 0.382 e. The van der Waals surface area contributed by atoms with Crippen LogP contribution in [0.3, 0.4) is 0 Å². The molecule has 116 valence electrons. The third-order valence-corrected chi connectivity index (χ3v) is 4.09. The molecule has 2 aromatic heterocycles. The van der Waals surface area contributed by atoms with Gasteiger partial charge in [-0.1, -0.05) is 6.07 Å². The van der Waals surface area contributed by atoms with E-state index in [1.54, 1.807) is 19.5 Å². The normalized spacial score (nSPS) is 18.5. The third-order valence-electron chi connectivity index (χ3n) is 3.68. The van der Waals surface area contributed by atoms with Gasteiger partial charge in [-0.05, 0) is 28.1 Å². The van der Waals surface area contributed by atoms with E-state index in [0.717, 1.165) is 35.9 Å². The minimum absolute atomic E-state index is 0.196. The Morgan fingerprint density at radius 2 is 2.05 bits per heavy atom. The summed E-state index contributed by atoms with van der Waals surface area (Å²) in [5.41, 5.74) is 0. The Morgan fingerprint density at radius 1 is 1.23 bits per heavy atom. The summed E-state index contributed by atoms with van der Waals surface area (Å²) in [6, 6.07) is 6.18. The van der Waals surface area contributed by atoms with Crippen molar-refractivity contribution in [3.05, 3.63) is 41.3 Å². The summed E-state index contributed by atoms with van der Waals surface area (Å²) in [6.45, 7) is 3.19. The van der Waals surface area contributed by atoms with Gasteiger partial charge in [-0.3, -0.25) is 0 Å². The second-order valence-corrected chi connectivity index (χ2v) is 6.05. The Hall–Kier alpha value is -1.73. The van der Waals surface area contributed by atoms with Crippen molar-refractivity contribution in [2.24, 2.45) is 0 Å². The number of hydrogen-bond acceptors (Lipinski definition) is 6. The van der Waals surface area contributed by atoms with Crippen LogP contribution < -0.4 is 9.80 Å². The molecule has 1 saturated heterocycles. The molecule has 3 rings (SSSR count). The van der Waals surface area contributed by atoms with E-state index >= 15 is 0 Å². The first-order chi connectivity index (χ1) is 10.8. The molecule has 0 amide bonds. The third kappa shape index (κ3) is 3.36. The lowest BCUT2D eigenvalue weighted by molar-refractivity contribution is 0.173. The maximum atomic E-state index is 5.39. The highest BCUT2D eigenvalue weighted by atomic mass is 79.9. The molecular weight excluding hydrogens is 346 g/mol. The van der Waals surface area contributed by atoms with Gasteiger partial charge in [-0.15, -0.1) is 0 Å². The van der Waals surface area contributed by atoms with E-state index in [9.17, 15) is 0 Å². The van der Waals surface area contributed by atoms with E-state index in [1.165, 1.54) is 0 Å². The van der Waals surface area contributed by atoms with Crippen LogP contribution in [-0.4, -0.2) is 54.3 Å². The molecule has 0 aromatic carbocycles. The van der Waals surface area contributed by atoms with Gasteiger partial charge in [-0.25, -0.2) is 15.0 Å². The van der Waals surface area contributed by atoms with E-state index in [0.29, 0.717) is 6.61 Å². The second-order valence-electron chi connectivity index (χ2n) is 5.14. The van der Waals surface area contributed by atoms with Gasteiger partial charge in [0.15, 0.2) is 0 Å². The number of aromatic nitrogens is 3. The lowest BCUT2D eigenvalue weighted by Crippen LogP contribution is -2.56. The molecule has 3 heterocycles. The Bertz CT molecular complexity index is 595. The van der Waals surface area contributed by atoms with Crippen LogP contribution >= 0.6 is 15.9 Å². The minimum atomic E-state index is 0.196. The summed E-state index contributed by atoms with van der Waals surface area (Å²) in [4.78, 5) is 17.7.